The number of ketones is 1. The second-order valence-electron chi connectivity index (χ2n) is 8.17. The van der Waals surface area contributed by atoms with Crippen molar-refractivity contribution in [3.63, 3.8) is 0 Å². The molecule has 2 aromatic carbocycles. The van der Waals surface area contributed by atoms with Crippen molar-refractivity contribution in [2.24, 2.45) is 0 Å². The summed E-state index contributed by atoms with van der Waals surface area (Å²) in [6.07, 6.45) is 10.4. The summed E-state index contributed by atoms with van der Waals surface area (Å²) in [6.45, 7) is 2.59. The Labute approximate surface area is 201 Å². The number of amides is 1. The molecule has 5 nitrogen and oxygen atoms in total. The first-order valence-corrected chi connectivity index (χ1v) is 12.2. The average Bonchev–Trinajstić information content (AvgIpc) is 2.82. The van der Waals surface area contributed by atoms with Gasteiger partial charge < -0.3 is 10.1 Å². The van der Waals surface area contributed by atoms with Gasteiger partial charge in [-0.2, -0.15) is 0 Å². The zero-order valence-corrected chi connectivity index (χ0v) is 20.2. The summed E-state index contributed by atoms with van der Waals surface area (Å²) >= 11 is 6.16. The molecule has 0 saturated carbocycles. The van der Waals surface area contributed by atoms with E-state index >= 15 is 0 Å². The summed E-state index contributed by atoms with van der Waals surface area (Å²) in [7, 11) is 0. The van der Waals surface area contributed by atoms with Crippen molar-refractivity contribution in [2.45, 2.75) is 71.1 Å². The quantitative estimate of drug-likeness (QED) is 0.128. The van der Waals surface area contributed by atoms with Gasteiger partial charge in [-0.1, -0.05) is 100 Å². The topological polar surface area (TPSA) is 72.5 Å². The van der Waals surface area contributed by atoms with Crippen LogP contribution >= 0.6 is 11.6 Å². The predicted molar refractivity (Wildman–Crippen MR) is 133 cm³/mol. The van der Waals surface area contributed by atoms with Crippen LogP contribution in [0.5, 0.6) is 0 Å². The largest absolute Gasteiger partial charge is 0.462 e. The molecule has 0 aliphatic carbocycles. The third-order valence-corrected chi connectivity index (χ3v) is 5.70. The highest BCUT2D eigenvalue weighted by molar-refractivity contribution is 6.34. The molecule has 0 unspecified atom stereocenters. The molecule has 0 heterocycles. The van der Waals surface area contributed by atoms with E-state index in [1.807, 2.05) is 0 Å². The Kier molecular flexibility index (Phi) is 12.3. The number of esters is 1. The number of unbranched alkanes of at least 4 members (excludes halogenated alkanes) is 8. The lowest BCUT2D eigenvalue weighted by Gasteiger charge is -2.10. The maximum Gasteiger partial charge on any atom is 0.338 e. The summed E-state index contributed by atoms with van der Waals surface area (Å²) in [4.78, 5) is 36.9. The molecule has 0 spiro atoms. The first-order chi connectivity index (χ1) is 16.0. The smallest absolute Gasteiger partial charge is 0.338 e. The molecule has 0 saturated heterocycles. The number of halogens is 1. The van der Waals surface area contributed by atoms with E-state index in [1.54, 1.807) is 36.4 Å². The van der Waals surface area contributed by atoms with E-state index in [0.717, 1.165) is 19.3 Å². The molecule has 178 valence electrons. The molecule has 0 aliphatic heterocycles. The van der Waals surface area contributed by atoms with Crippen LogP contribution in [0, 0.1) is 0 Å². The Morgan fingerprint density at radius 3 is 2.12 bits per heavy atom. The molecule has 1 amide bonds. The maximum absolute atomic E-state index is 12.4. The van der Waals surface area contributed by atoms with Gasteiger partial charge in [0.05, 0.1) is 29.3 Å². The van der Waals surface area contributed by atoms with Gasteiger partial charge in [-0.3, -0.25) is 9.59 Å². The molecule has 0 radical (unpaired) electrons. The number of hydrogen-bond donors (Lipinski definition) is 1. The van der Waals surface area contributed by atoms with Gasteiger partial charge in [-0.25, -0.2) is 4.79 Å². The lowest BCUT2D eigenvalue weighted by Crippen LogP contribution is -2.17. The van der Waals surface area contributed by atoms with E-state index in [2.05, 4.69) is 12.2 Å². The van der Waals surface area contributed by atoms with Crippen molar-refractivity contribution < 1.29 is 19.1 Å². The zero-order chi connectivity index (χ0) is 23.9. The van der Waals surface area contributed by atoms with Gasteiger partial charge in [-0.15, -0.1) is 0 Å². The Hall–Kier alpha value is -2.66. The molecule has 0 bridgehead atoms. The van der Waals surface area contributed by atoms with Crippen molar-refractivity contribution in [3.8, 4) is 0 Å². The highest BCUT2D eigenvalue weighted by Crippen LogP contribution is 2.24. The SMILES string of the molecule is CCCCCCCCCCCOC(=O)c1ccc(Cl)c(NC(=O)CC(=O)c2ccccc2)c1. The third-order valence-electron chi connectivity index (χ3n) is 5.37. The summed E-state index contributed by atoms with van der Waals surface area (Å²) < 4.78 is 5.36. The van der Waals surface area contributed by atoms with Crippen molar-refractivity contribution >= 4 is 34.9 Å². The summed E-state index contributed by atoms with van der Waals surface area (Å²) in [6, 6.07) is 13.2. The molecule has 6 heteroatoms. The minimum atomic E-state index is -0.494. The molecule has 2 aromatic rings. The highest BCUT2D eigenvalue weighted by Gasteiger charge is 2.15. The molecule has 0 aliphatic rings. The van der Waals surface area contributed by atoms with Crippen LogP contribution in [0.3, 0.4) is 0 Å². The van der Waals surface area contributed by atoms with Crippen molar-refractivity contribution in [1.82, 2.24) is 0 Å². The van der Waals surface area contributed by atoms with Gasteiger partial charge in [0.25, 0.3) is 0 Å². The number of anilines is 1. The van der Waals surface area contributed by atoms with Crippen LogP contribution < -0.4 is 5.32 Å². The summed E-state index contributed by atoms with van der Waals surface area (Å²) in [5.74, 6) is -1.24. The van der Waals surface area contributed by atoms with E-state index in [4.69, 9.17) is 16.3 Å². The maximum atomic E-state index is 12.4. The van der Waals surface area contributed by atoms with Gasteiger partial charge in [0.2, 0.25) is 5.91 Å². The number of benzene rings is 2. The molecular weight excluding hydrogens is 438 g/mol. The van der Waals surface area contributed by atoms with Crippen LogP contribution in [-0.2, 0) is 9.53 Å². The fourth-order valence-electron chi connectivity index (χ4n) is 3.48. The Morgan fingerprint density at radius 2 is 1.45 bits per heavy atom. The molecule has 0 atom stereocenters. The Bertz CT molecular complexity index is 898. The number of ether oxygens (including phenoxy) is 1. The second-order valence-corrected chi connectivity index (χ2v) is 8.58. The standard InChI is InChI=1S/C27H34ClNO4/c1-2-3-4-5-6-7-8-9-13-18-33-27(32)22-16-17-23(28)24(19-22)29-26(31)20-25(30)21-14-11-10-12-15-21/h10-12,14-17,19H,2-9,13,18,20H2,1H3,(H,29,31). The van der Waals surface area contributed by atoms with Crippen molar-refractivity contribution in [3.05, 3.63) is 64.7 Å². The van der Waals surface area contributed by atoms with Gasteiger partial charge in [-0.05, 0) is 24.6 Å². The number of carbonyl (C=O) groups excluding carboxylic acids is 3. The van der Waals surface area contributed by atoms with E-state index in [1.165, 1.54) is 50.7 Å². The fraction of sp³-hybridized carbons (Fsp3) is 0.444. The van der Waals surface area contributed by atoms with Gasteiger partial charge in [0, 0.05) is 5.56 Å². The van der Waals surface area contributed by atoms with Crippen LogP contribution in [0.2, 0.25) is 5.02 Å². The molecule has 0 aromatic heterocycles. The molecule has 33 heavy (non-hydrogen) atoms. The van der Waals surface area contributed by atoms with E-state index < -0.39 is 11.9 Å². The van der Waals surface area contributed by atoms with E-state index in [9.17, 15) is 14.4 Å². The number of nitrogens with one attached hydrogen (secondary N) is 1. The third kappa shape index (κ3) is 10.2. The van der Waals surface area contributed by atoms with Crippen molar-refractivity contribution in [2.75, 3.05) is 11.9 Å². The Morgan fingerprint density at radius 1 is 0.818 bits per heavy atom. The lowest BCUT2D eigenvalue weighted by molar-refractivity contribution is -0.115. The monoisotopic (exact) mass is 471 g/mol. The van der Waals surface area contributed by atoms with Gasteiger partial charge in [0.1, 0.15) is 0 Å². The first-order valence-electron chi connectivity index (χ1n) is 11.9. The van der Waals surface area contributed by atoms with Crippen LogP contribution in [0.15, 0.2) is 48.5 Å². The fourth-order valence-corrected chi connectivity index (χ4v) is 3.64. The molecule has 0 fully saturated rings. The van der Waals surface area contributed by atoms with E-state index in [0.29, 0.717) is 17.7 Å². The van der Waals surface area contributed by atoms with Crippen LogP contribution in [0.25, 0.3) is 0 Å². The lowest BCUT2D eigenvalue weighted by atomic mass is 10.1. The molecular formula is C27H34ClNO4. The first kappa shape index (κ1) is 26.6. The minimum Gasteiger partial charge on any atom is -0.462 e. The predicted octanol–water partition coefficient (Wildman–Crippen LogP) is 7.24. The number of rotatable bonds is 15. The van der Waals surface area contributed by atoms with Gasteiger partial charge >= 0.3 is 5.97 Å². The minimum absolute atomic E-state index is 0.278. The van der Waals surface area contributed by atoms with Crippen molar-refractivity contribution in [1.29, 1.82) is 0 Å². The normalized spacial score (nSPS) is 10.6. The molecule has 2 rings (SSSR count). The van der Waals surface area contributed by atoms with Gasteiger partial charge in [0.15, 0.2) is 5.78 Å². The van der Waals surface area contributed by atoms with Crippen LogP contribution in [0.4, 0.5) is 5.69 Å². The molecule has 1 N–H and O–H groups in total. The zero-order valence-electron chi connectivity index (χ0n) is 19.4. The van der Waals surface area contributed by atoms with E-state index in [-0.39, 0.29) is 22.9 Å². The summed E-state index contributed by atoms with van der Waals surface area (Å²) in [5.41, 5.74) is 1.05. The number of Topliss-reactive ketones (excluding diaryl/α,β-unsaturated/α-hetero) is 1. The second kappa shape index (κ2) is 15.2. The summed E-state index contributed by atoms with van der Waals surface area (Å²) in [5, 5.41) is 2.90. The number of hydrogen-bond acceptors (Lipinski definition) is 4. The Balaban J connectivity index is 1.74. The highest BCUT2D eigenvalue weighted by atomic mass is 35.5. The van der Waals surface area contributed by atoms with Crippen LogP contribution in [-0.4, -0.2) is 24.3 Å². The average molecular weight is 472 g/mol. The number of carbonyl (C=O) groups is 3. The van der Waals surface area contributed by atoms with Crippen LogP contribution in [0.1, 0.15) is 91.8 Å².